The Morgan fingerprint density at radius 3 is 2.65 bits per heavy atom. The molecule has 1 rings (SSSR count). The lowest BCUT2D eigenvalue weighted by molar-refractivity contribution is 0.737. The number of rotatable bonds is 5. The summed E-state index contributed by atoms with van der Waals surface area (Å²) in [7, 11) is 0. The summed E-state index contributed by atoms with van der Waals surface area (Å²) in [5.74, 6) is 0.616. The van der Waals surface area contributed by atoms with Crippen molar-refractivity contribution in [2.24, 2.45) is 5.92 Å². The Labute approximate surface area is 107 Å². The minimum atomic E-state index is 0.616. The summed E-state index contributed by atoms with van der Waals surface area (Å²) in [6.45, 7) is 12.9. The Morgan fingerprint density at radius 1 is 1.41 bits per heavy atom. The first-order valence-corrected chi connectivity index (χ1v) is 6.82. The number of allylic oxidation sites excluding steroid dienone is 7. The van der Waals surface area contributed by atoms with Crippen LogP contribution in [0.1, 0.15) is 53.4 Å². The van der Waals surface area contributed by atoms with Crippen molar-refractivity contribution in [2.75, 3.05) is 0 Å². The Bertz CT molecular complexity index is 361. The molecule has 0 unspecified atom stereocenters. The fourth-order valence-electron chi connectivity index (χ4n) is 2.50. The Morgan fingerprint density at radius 2 is 2.12 bits per heavy atom. The highest BCUT2D eigenvalue weighted by Crippen LogP contribution is 2.34. The molecule has 0 heterocycles. The van der Waals surface area contributed by atoms with E-state index in [1.54, 1.807) is 5.57 Å². The lowest BCUT2D eigenvalue weighted by atomic mass is 9.82. The van der Waals surface area contributed by atoms with Gasteiger partial charge in [-0.05, 0) is 48.8 Å². The Balaban J connectivity index is 3.17. The molecule has 0 saturated heterocycles. The zero-order chi connectivity index (χ0) is 12.8. The van der Waals surface area contributed by atoms with Gasteiger partial charge in [0.1, 0.15) is 0 Å². The molecule has 1 aliphatic carbocycles. The minimum absolute atomic E-state index is 0.616. The summed E-state index contributed by atoms with van der Waals surface area (Å²) in [4.78, 5) is 0. The largest absolute Gasteiger partial charge is 0.0991 e. The molecule has 0 spiro atoms. The van der Waals surface area contributed by atoms with E-state index in [-0.39, 0.29) is 0 Å². The van der Waals surface area contributed by atoms with Gasteiger partial charge in [-0.15, -0.1) is 0 Å². The molecule has 0 radical (unpaired) electrons. The van der Waals surface area contributed by atoms with E-state index >= 15 is 0 Å². The standard InChI is InChI=1S/C17H26/c1-6-8-15(9-7-2)16-11-10-14(5)12-17(16)13(3)4/h6,8,12-13H,1,7,9-11H2,2-5H3/b15-8+. The van der Waals surface area contributed by atoms with Crippen molar-refractivity contribution >= 4 is 0 Å². The average Bonchev–Trinajstić information content (AvgIpc) is 2.28. The molecule has 0 nitrogen and oxygen atoms in total. The molecule has 0 fully saturated rings. The van der Waals surface area contributed by atoms with Gasteiger partial charge in [-0.2, -0.15) is 0 Å². The highest BCUT2D eigenvalue weighted by molar-refractivity contribution is 5.45. The molecule has 0 aromatic rings. The summed E-state index contributed by atoms with van der Waals surface area (Å²) in [5.41, 5.74) is 6.13. The maximum atomic E-state index is 3.85. The van der Waals surface area contributed by atoms with E-state index in [1.807, 2.05) is 6.08 Å². The fraction of sp³-hybridized carbons (Fsp3) is 0.529. The molecular weight excluding hydrogens is 204 g/mol. The zero-order valence-electron chi connectivity index (χ0n) is 11.8. The van der Waals surface area contributed by atoms with Crippen molar-refractivity contribution in [1.29, 1.82) is 0 Å². The van der Waals surface area contributed by atoms with Crippen LogP contribution in [0, 0.1) is 5.92 Å². The molecule has 0 bridgehead atoms. The highest BCUT2D eigenvalue weighted by Gasteiger charge is 2.16. The van der Waals surface area contributed by atoms with Gasteiger partial charge in [0, 0.05) is 0 Å². The summed E-state index contributed by atoms with van der Waals surface area (Å²) in [5, 5.41) is 0. The van der Waals surface area contributed by atoms with Crippen LogP contribution in [0.2, 0.25) is 0 Å². The van der Waals surface area contributed by atoms with Crippen LogP contribution in [0.4, 0.5) is 0 Å². The van der Waals surface area contributed by atoms with Gasteiger partial charge >= 0.3 is 0 Å². The van der Waals surface area contributed by atoms with Crippen molar-refractivity contribution in [3.8, 4) is 0 Å². The molecule has 0 amide bonds. The maximum Gasteiger partial charge on any atom is -0.0216 e. The lowest BCUT2D eigenvalue weighted by Gasteiger charge is -2.23. The van der Waals surface area contributed by atoms with Crippen LogP contribution in [-0.4, -0.2) is 0 Å². The second kappa shape index (κ2) is 6.64. The molecule has 0 aliphatic heterocycles. The van der Waals surface area contributed by atoms with Crippen LogP contribution in [0.3, 0.4) is 0 Å². The topological polar surface area (TPSA) is 0 Å². The summed E-state index contributed by atoms with van der Waals surface area (Å²) >= 11 is 0. The van der Waals surface area contributed by atoms with E-state index in [0.29, 0.717) is 5.92 Å². The predicted octanol–water partition coefficient (Wildman–Crippen LogP) is 5.59. The summed E-state index contributed by atoms with van der Waals surface area (Å²) in [6, 6.07) is 0. The van der Waals surface area contributed by atoms with Gasteiger partial charge in [-0.1, -0.05) is 57.6 Å². The molecule has 0 saturated carbocycles. The Kier molecular flexibility index (Phi) is 5.47. The van der Waals surface area contributed by atoms with E-state index in [1.165, 1.54) is 42.4 Å². The highest BCUT2D eigenvalue weighted by atomic mass is 14.2. The van der Waals surface area contributed by atoms with E-state index in [0.717, 1.165) is 0 Å². The molecular formula is C17H26. The smallest absolute Gasteiger partial charge is 0.0216 e. The van der Waals surface area contributed by atoms with Gasteiger partial charge in [0.05, 0.1) is 0 Å². The van der Waals surface area contributed by atoms with Crippen LogP contribution < -0.4 is 0 Å². The molecule has 0 heteroatoms. The third-order valence-electron chi connectivity index (χ3n) is 3.37. The first kappa shape index (κ1) is 14.0. The van der Waals surface area contributed by atoms with Gasteiger partial charge in [-0.3, -0.25) is 0 Å². The van der Waals surface area contributed by atoms with Crippen LogP contribution in [0.15, 0.2) is 47.1 Å². The van der Waals surface area contributed by atoms with E-state index in [4.69, 9.17) is 0 Å². The lowest BCUT2D eigenvalue weighted by Crippen LogP contribution is -2.06. The zero-order valence-corrected chi connectivity index (χ0v) is 11.8. The third kappa shape index (κ3) is 3.73. The minimum Gasteiger partial charge on any atom is -0.0991 e. The summed E-state index contributed by atoms with van der Waals surface area (Å²) in [6.07, 6.45) is 11.3. The molecule has 0 aromatic heterocycles. The maximum absolute atomic E-state index is 3.85. The van der Waals surface area contributed by atoms with Crippen LogP contribution >= 0.6 is 0 Å². The van der Waals surface area contributed by atoms with Crippen LogP contribution in [-0.2, 0) is 0 Å². The first-order valence-electron chi connectivity index (χ1n) is 6.82. The number of hydrogen-bond donors (Lipinski definition) is 0. The normalized spacial score (nSPS) is 17.5. The van der Waals surface area contributed by atoms with Gasteiger partial charge in [-0.25, -0.2) is 0 Å². The van der Waals surface area contributed by atoms with Gasteiger partial charge in [0.15, 0.2) is 0 Å². The molecule has 0 atom stereocenters. The van der Waals surface area contributed by atoms with Crippen molar-refractivity contribution in [1.82, 2.24) is 0 Å². The average molecular weight is 230 g/mol. The van der Waals surface area contributed by atoms with Gasteiger partial charge < -0.3 is 0 Å². The van der Waals surface area contributed by atoms with Crippen molar-refractivity contribution in [2.45, 2.75) is 53.4 Å². The molecule has 94 valence electrons. The van der Waals surface area contributed by atoms with Crippen LogP contribution in [0.25, 0.3) is 0 Å². The molecule has 0 N–H and O–H groups in total. The quantitative estimate of drug-likeness (QED) is 0.540. The Hall–Kier alpha value is -1.04. The van der Waals surface area contributed by atoms with Crippen molar-refractivity contribution < 1.29 is 0 Å². The van der Waals surface area contributed by atoms with Crippen LogP contribution in [0.5, 0.6) is 0 Å². The molecule has 1 aliphatic rings. The second-order valence-corrected chi connectivity index (χ2v) is 5.26. The van der Waals surface area contributed by atoms with Gasteiger partial charge in [0.2, 0.25) is 0 Å². The summed E-state index contributed by atoms with van der Waals surface area (Å²) < 4.78 is 0. The number of hydrogen-bond acceptors (Lipinski definition) is 0. The van der Waals surface area contributed by atoms with Crippen molar-refractivity contribution in [3.05, 3.63) is 47.1 Å². The second-order valence-electron chi connectivity index (χ2n) is 5.26. The first-order chi connectivity index (χ1) is 8.10. The molecule has 17 heavy (non-hydrogen) atoms. The fourth-order valence-corrected chi connectivity index (χ4v) is 2.50. The van der Waals surface area contributed by atoms with E-state index in [2.05, 4.69) is 46.4 Å². The van der Waals surface area contributed by atoms with Crippen molar-refractivity contribution in [3.63, 3.8) is 0 Å². The van der Waals surface area contributed by atoms with Gasteiger partial charge in [0.25, 0.3) is 0 Å². The van der Waals surface area contributed by atoms with E-state index < -0.39 is 0 Å². The molecule has 0 aromatic carbocycles. The van der Waals surface area contributed by atoms with E-state index in [9.17, 15) is 0 Å². The monoisotopic (exact) mass is 230 g/mol. The predicted molar refractivity (Wildman–Crippen MR) is 78.0 cm³/mol. The SMILES string of the molecule is C=C/C=C(\CCC)C1=C(C(C)C)C=C(C)CC1. The third-order valence-corrected chi connectivity index (χ3v) is 3.37.